The number of anilines is 2. The van der Waals surface area contributed by atoms with Gasteiger partial charge in [-0.15, -0.1) is 0 Å². The minimum absolute atomic E-state index is 0.517. The summed E-state index contributed by atoms with van der Waals surface area (Å²) in [6.07, 6.45) is 4.24. The Kier molecular flexibility index (Phi) is 5.89. The van der Waals surface area contributed by atoms with Crippen molar-refractivity contribution in [1.29, 1.82) is 0 Å². The average Bonchev–Trinajstić information content (AvgIpc) is 3.65. The van der Waals surface area contributed by atoms with E-state index < -0.39 is 5.41 Å². The zero-order chi connectivity index (χ0) is 29.8. The number of nitrogens with zero attached hydrogens (tertiary/aromatic N) is 1. The van der Waals surface area contributed by atoms with Crippen molar-refractivity contribution in [3.63, 3.8) is 0 Å². The van der Waals surface area contributed by atoms with E-state index >= 15 is 0 Å². The number of hydrogen-bond acceptors (Lipinski definition) is 2. The average molecular weight is 578 g/mol. The fourth-order valence-electron chi connectivity index (χ4n) is 7.82. The second kappa shape index (κ2) is 10.2. The molecule has 0 bridgehead atoms. The number of furan rings is 1. The van der Waals surface area contributed by atoms with Crippen LogP contribution in [0.25, 0.3) is 27.8 Å². The molecule has 2 heteroatoms. The van der Waals surface area contributed by atoms with Crippen LogP contribution in [0.3, 0.4) is 0 Å². The maximum Gasteiger partial charge on any atom is 0.155 e. The fraction of sp³-hybridized carbons (Fsp3) is 0.0698. The van der Waals surface area contributed by atoms with E-state index in [0.717, 1.165) is 41.3 Å². The highest BCUT2D eigenvalue weighted by Gasteiger charge is 2.47. The van der Waals surface area contributed by atoms with Crippen molar-refractivity contribution in [3.05, 3.63) is 197 Å². The van der Waals surface area contributed by atoms with Gasteiger partial charge in [-0.1, -0.05) is 140 Å². The van der Waals surface area contributed by atoms with Crippen molar-refractivity contribution in [2.24, 2.45) is 0 Å². The molecule has 2 nitrogen and oxygen atoms in total. The molecule has 2 aliphatic rings. The molecule has 214 valence electrons. The maximum absolute atomic E-state index is 7.24. The number of rotatable bonds is 5. The summed E-state index contributed by atoms with van der Waals surface area (Å²) in [5, 5.41) is 1.20. The van der Waals surface area contributed by atoms with E-state index in [9.17, 15) is 0 Å². The SMILES string of the molecule is C1=C(N(c2ccccc2)c2ccccc2)c2oc3c(C4(c5ccccc5)c5ccccc5-c5ccccc54)cccc3c2CC1. The Morgan fingerprint density at radius 1 is 0.511 bits per heavy atom. The van der Waals surface area contributed by atoms with E-state index in [1.807, 2.05) is 0 Å². The Morgan fingerprint density at radius 2 is 1.04 bits per heavy atom. The minimum atomic E-state index is -0.517. The molecule has 0 saturated carbocycles. The molecule has 9 rings (SSSR count). The zero-order valence-corrected chi connectivity index (χ0v) is 24.9. The molecule has 0 spiro atoms. The van der Waals surface area contributed by atoms with Crippen molar-refractivity contribution in [1.82, 2.24) is 0 Å². The summed E-state index contributed by atoms with van der Waals surface area (Å²) in [6, 6.07) is 56.8. The molecule has 0 saturated heterocycles. The summed E-state index contributed by atoms with van der Waals surface area (Å²) in [5.41, 5.74) is 12.6. The quantitative estimate of drug-likeness (QED) is 0.202. The first-order chi connectivity index (χ1) is 22.4. The van der Waals surface area contributed by atoms with Crippen LogP contribution >= 0.6 is 0 Å². The number of aryl methyl sites for hydroxylation is 1. The smallest absolute Gasteiger partial charge is 0.155 e. The number of fused-ring (bicyclic) bond motifs is 6. The van der Waals surface area contributed by atoms with Crippen LogP contribution < -0.4 is 4.90 Å². The summed E-state index contributed by atoms with van der Waals surface area (Å²) in [7, 11) is 0. The van der Waals surface area contributed by atoms with E-state index in [1.54, 1.807) is 0 Å². The molecule has 7 aromatic rings. The van der Waals surface area contributed by atoms with Gasteiger partial charge in [0.05, 0.1) is 11.1 Å². The van der Waals surface area contributed by atoms with Gasteiger partial charge in [-0.2, -0.15) is 0 Å². The topological polar surface area (TPSA) is 16.4 Å². The highest BCUT2D eigenvalue weighted by atomic mass is 16.3. The Labute approximate surface area is 263 Å². The monoisotopic (exact) mass is 577 g/mol. The van der Waals surface area contributed by atoms with Crippen molar-refractivity contribution in [2.75, 3.05) is 4.90 Å². The zero-order valence-electron chi connectivity index (χ0n) is 24.9. The van der Waals surface area contributed by atoms with Crippen molar-refractivity contribution in [2.45, 2.75) is 18.3 Å². The van der Waals surface area contributed by atoms with E-state index in [0.29, 0.717) is 0 Å². The Morgan fingerprint density at radius 3 is 1.67 bits per heavy atom. The number of para-hydroxylation sites is 3. The summed E-state index contributed by atoms with van der Waals surface area (Å²) in [5.74, 6) is 0.958. The van der Waals surface area contributed by atoms with Crippen LogP contribution in [-0.4, -0.2) is 0 Å². The number of benzene rings is 6. The van der Waals surface area contributed by atoms with Crippen molar-refractivity contribution < 1.29 is 4.42 Å². The van der Waals surface area contributed by atoms with Crippen molar-refractivity contribution in [3.8, 4) is 11.1 Å². The standard InChI is InChI=1S/C43H31NO/c1-4-16-30(17-5-1)43(37-26-12-10-22-33(37)34-23-11-13-27-38(34)43)39-28-14-24-35-36-25-15-29-40(42(36)45-41(35)39)44(31-18-6-2-7-19-31)32-20-8-3-9-21-32/h1-14,16-24,26-29H,15,25H2. The van der Waals surface area contributed by atoms with Gasteiger partial charge in [0, 0.05) is 27.9 Å². The maximum atomic E-state index is 7.24. The van der Waals surface area contributed by atoms with Crippen LogP contribution in [0.5, 0.6) is 0 Å². The molecule has 0 unspecified atom stereocenters. The highest BCUT2D eigenvalue weighted by molar-refractivity contribution is 5.98. The number of hydrogen-bond donors (Lipinski definition) is 0. The fourth-order valence-corrected chi connectivity index (χ4v) is 7.82. The minimum Gasteiger partial charge on any atom is -0.454 e. The molecule has 0 fully saturated rings. The lowest BCUT2D eigenvalue weighted by Gasteiger charge is -2.33. The molecule has 0 amide bonds. The molecule has 0 N–H and O–H groups in total. The first-order valence-electron chi connectivity index (χ1n) is 15.8. The lowest BCUT2D eigenvalue weighted by molar-refractivity contribution is 0.578. The molecule has 1 heterocycles. The summed E-state index contributed by atoms with van der Waals surface area (Å²) < 4.78 is 7.24. The van der Waals surface area contributed by atoms with Crippen LogP contribution in [0.1, 0.15) is 40.0 Å². The molecule has 6 aromatic carbocycles. The van der Waals surface area contributed by atoms with Gasteiger partial charge in [0.2, 0.25) is 0 Å². The Hall–Kier alpha value is -5.60. The third-order valence-corrected chi connectivity index (χ3v) is 9.62. The second-order valence-corrected chi connectivity index (χ2v) is 11.9. The van der Waals surface area contributed by atoms with E-state index in [4.69, 9.17) is 4.42 Å². The summed E-state index contributed by atoms with van der Waals surface area (Å²) in [6.45, 7) is 0. The van der Waals surface area contributed by atoms with Crippen LogP contribution in [0.4, 0.5) is 11.4 Å². The van der Waals surface area contributed by atoms with Crippen LogP contribution in [0, 0.1) is 0 Å². The molecule has 0 radical (unpaired) electrons. The molecule has 0 aliphatic heterocycles. The van der Waals surface area contributed by atoms with E-state index in [2.05, 4.69) is 169 Å². The van der Waals surface area contributed by atoms with Gasteiger partial charge in [-0.25, -0.2) is 0 Å². The van der Waals surface area contributed by atoms with E-state index in [1.165, 1.54) is 44.3 Å². The Bertz CT molecular complexity index is 2120. The van der Waals surface area contributed by atoms with Crippen LogP contribution in [0.2, 0.25) is 0 Å². The van der Waals surface area contributed by atoms with Gasteiger partial charge >= 0.3 is 0 Å². The van der Waals surface area contributed by atoms with Gasteiger partial charge < -0.3 is 9.32 Å². The van der Waals surface area contributed by atoms with Gasteiger partial charge in [-0.05, 0) is 64.9 Å². The summed E-state index contributed by atoms with van der Waals surface area (Å²) >= 11 is 0. The third kappa shape index (κ3) is 3.76. The Balaban J connectivity index is 1.34. The van der Waals surface area contributed by atoms with Gasteiger partial charge in [0.25, 0.3) is 0 Å². The third-order valence-electron chi connectivity index (χ3n) is 9.62. The lowest BCUT2D eigenvalue weighted by Crippen LogP contribution is -2.28. The normalized spacial score (nSPS) is 14.4. The van der Waals surface area contributed by atoms with Crippen LogP contribution in [-0.2, 0) is 11.8 Å². The molecule has 1 aromatic heterocycles. The first kappa shape index (κ1) is 25.9. The molecular formula is C43H31NO. The predicted octanol–water partition coefficient (Wildman–Crippen LogP) is 10.9. The molecule has 2 aliphatic carbocycles. The molecule has 0 atom stereocenters. The van der Waals surface area contributed by atoms with Gasteiger partial charge in [-0.3, -0.25) is 0 Å². The van der Waals surface area contributed by atoms with Gasteiger partial charge in [0.1, 0.15) is 5.58 Å². The van der Waals surface area contributed by atoms with Crippen LogP contribution in [0.15, 0.2) is 168 Å². The molecular weight excluding hydrogens is 546 g/mol. The highest BCUT2D eigenvalue weighted by Crippen LogP contribution is 2.58. The largest absolute Gasteiger partial charge is 0.454 e. The first-order valence-corrected chi connectivity index (χ1v) is 15.8. The predicted molar refractivity (Wildman–Crippen MR) is 185 cm³/mol. The van der Waals surface area contributed by atoms with Gasteiger partial charge in [0.15, 0.2) is 5.76 Å². The lowest BCUT2D eigenvalue weighted by atomic mass is 9.67. The van der Waals surface area contributed by atoms with Crippen molar-refractivity contribution >= 4 is 28.0 Å². The second-order valence-electron chi connectivity index (χ2n) is 11.9. The van der Waals surface area contributed by atoms with E-state index in [-0.39, 0.29) is 0 Å². The summed E-state index contributed by atoms with van der Waals surface area (Å²) in [4.78, 5) is 2.34. The molecule has 45 heavy (non-hydrogen) atoms. The number of allylic oxidation sites excluding steroid dienone is 1.